The van der Waals surface area contributed by atoms with Gasteiger partial charge in [-0.05, 0) is 0 Å². The van der Waals surface area contributed by atoms with E-state index in [1.165, 1.54) is 0 Å². The van der Waals surface area contributed by atoms with Crippen LogP contribution in [0.25, 0.3) is 0 Å². The van der Waals surface area contributed by atoms with Crippen molar-refractivity contribution in [2.75, 3.05) is 0 Å². The first-order valence-corrected chi connectivity index (χ1v) is 1.64. The number of rotatable bonds is 0. The van der Waals surface area contributed by atoms with E-state index in [1.807, 2.05) is 0 Å². The van der Waals surface area contributed by atoms with Gasteiger partial charge in [0.1, 0.15) is 0 Å². The molecule has 85 valence electrons. The molecule has 0 heterocycles. The van der Waals surface area contributed by atoms with Crippen LogP contribution in [0.4, 0.5) is 0 Å². The number of hydrogen-bond acceptors (Lipinski definition) is 9. The minimum absolute atomic E-state index is 0. The minimum atomic E-state index is -1.75. The van der Waals surface area contributed by atoms with Crippen molar-refractivity contribution < 1.29 is 131 Å². The zero-order chi connectivity index (χ0) is 10.7. The molecule has 1 radical (unpaired) electrons. The van der Waals surface area contributed by atoms with Crippen molar-refractivity contribution >= 4 is 0 Å². The zero-order valence-electron chi connectivity index (χ0n) is 6.43. The summed E-state index contributed by atoms with van der Waals surface area (Å²) in [5.41, 5.74) is 0. The van der Waals surface area contributed by atoms with Crippen LogP contribution in [0, 0.1) is 162 Å². The molecule has 0 aliphatic carbocycles. The van der Waals surface area contributed by atoms with E-state index in [-0.39, 0.29) is 116 Å². The van der Waals surface area contributed by atoms with Crippen molar-refractivity contribution in [3.8, 4) is 0 Å². The first-order chi connectivity index (χ1) is 5.20. The van der Waals surface area contributed by atoms with E-state index >= 15 is 0 Å². The maximum atomic E-state index is 8.25. The summed E-state index contributed by atoms with van der Waals surface area (Å²) in [6.45, 7) is 0. The molecule has 0 rings (SSSR count). The molecule has 0 N–H and O–H groups in total. The van der Waals surface area contributed by atoms with Gasteiger partial charge >= 0.3 is 38.6 Å². The third kappa shape index (κ3) is 1320. The van der Waals surface area contributed by atoms with Gasteiger partial charge in [0.25, 0.3) is 0 Å². The van der Waals surface area contributed by atoms with Gasteiger partial charge in [-0.15, -0.1) is 0 Å². The molecule has 0 aromatic carbocycles. The quantitative estimate of drug-likeness (QED) is 0.247. The largest absolute Gasteiger partial charge is 3.00 e. The Morgan fingerprint density at radius 2 is 0.600 bits per heavy atom. The van der Waals surface area contributed by atoms with E-state index in [9.17, 15) is 0 Å². The molecule has 0 aliphatic heterocycles. The fraction of sp³-hybridized carbons (Fsp3) is 0. The van der Waals surface area contributed by atoms with Crippen molar-refractivity contribution in [1.29, 1.82) is 0 Å². The summed E-state index contributed by atoms with van der Waals surface area (Å²) in [5, 5.41) is 44.2. The van der Waals surface area contributed by atoms with Gasteiger partial charge in [0, 0.05) is 77.3 Å². The van der Waals surface area contributed by atoms with Crippen LogP contribution in [0.2, 0.25) is 0 Å². The summed E-state index contributed by atoms with van der Waals surface area (Å²) < 4.78 is 0. The Morgan fingerprint density at radius 1 is 0.600 bits per heavy atom. The maximum Gasteiger partial charge on any atom is 3.00 e. The SMILES string of the molecule is O=[N+]([O-])[O-].O=[N+]([O-])[O-].O=[N+]([O-])[O-].[Ce].[La].[Tb+3]. The van der Waals surface area contributed by atoms with Crippen LogP contribution in [-0.4, -0.2) is 15.3 Å². The molecule has 15 heavy (non-hydrogen) atoms. The Bertz CT molecular complexity index is 123. The summed E-state index contributed by atoms with van der Waals surface area (Å²) >= 11 is 0. The summed E-state index contributed by atoms with van der Waals surface area (Å²) in [5.74, 6) is 0. The molecule has 0 aliphatic rings. The standard InChI is InChI=1S/Ce.La.3NO3.Tb/c;;3*2-1(3)4;/q;;3*-1;+3. The summed E-state index contributed by atoms with van der Waals surface area (Å²) in [4.78, 5) is 24.8. The van der Waals surface area contributed by atoms with Crippen LogP contribution in [0.3, 0.4) is 0 Å². The zero-order valence-corrected chi connectivity index (χ0v) is 15.3. The molecule has 0 unspecified atom stereocenters. The van der Waals surface area contributed by atoms with Crippen LogP contribution in [0.15, 0.2) is 0 Å². The monoisotopic (exact) mass is 624 g/mol. The molecule has 12 nitrogen and oxygen atoms in total. The van der Waals surface area contributed by atoms with Crippen LogP contribution in [0.5, 0.6) is 0 Å². The average Bonchev–Trinajstić information content (AvgIpc) is 1.54. The molecule has 0 fully saturated rings. The third-order valence-corrected chi connectivity index (χ3v) is 0. The van der Waals surface area contributed by atoms with E-state index in [4.69, 9.17) is 46.0 Å². The Balaban J connectivity index is -0.0000000184. The van der Waals surface area contributed by atoms with E-state index in [0.717, 1.165) is 0 Å². The van der Waals surface area contributed by atoms with Crippen LogP contribution >= 0.6 is 0 Å². The fourth-order valence-electron chi connectivity index (χ4n) is 0. The number of nitrogens with zero attached hydrogens (tertiary/aromatic N) is 3. The smallest absolute Gasteiger partial charge is 0.356 e. The first-order valence-electron chi connectivity index (χ1n) is 1.64. The summed E-state index contributed by atoms with van der Waals surface area (Å²) in [7, 11) is 0. The van der Waals surface area contributed by atoms with Crippen molar-refractivity contribution in [2.45, 2.75) is 0 Å². The van der Waals surface area contributed by atoms with Gasteiger partial charge in [0.2, 0.25) is 0 Å². The summed E-state index contributed by atoms with van der Waals surface area (Å²) in [6, 6.07) is 0. The molecule has 0 saturated heterocycles. The Morgan fingerprint density at radius 3 is 0.600 bits per heavy atom. The van der Waals surface area contributed by atoms with Gasteiger partial charge in [-0.2, -0.15) is 0 Å². The van der Waals surface area contributed by atoms with Gasteiger partial charge in [-0.25, -0.2) is 0 Å². The third-order valence-electron chi connectivity index (χ3n) is 0. The van der Waals surface area contributed by atoms with Gasteiger partial charge in [0.15, 0.2) is 0 Å². The Labute approximate surface area is 174 Å². The van der Waals surface area contributed by atoms with Gasteiger partial charge in [0.05, 0.1) is 15.3 Å². The Hall–Kier alpha value is 1.46. The fourth-order valence-corrected chi connectivity index (χ4v) is 0. The second-order valence-corrected chi connectivity index (χ2v) is 0.671. The van der Waals surface area contributed by atoms with E-state index < -0.39 is 15.3 Å². The predicted molar refractivity (Wildman–Crippen MR) is 31.1 cm³/mol. The van der Waals surface area contributed by atoms with E-state index in [2.05, 4.69) is 0 Å². The second kappa shape index (κ2) is 29.5. The van der Waals surface area contributed by atoms with Gasteiger partial charge < -0.3 is 46.0 Å². The van der Waals surface area contributed by atoms with Crippen molar-refractivity contribution in [3.05, 3.63) is 46.0 Å². The van der Waals surface area contributed by atoms with Crippen molar-refractivity contribution in [1.82, 2.24) is 0 Å². The van der Waals surface area contributed by atoms with E-state index in [0.29, 0.717) is 0 Å². The summed E-state index contributed by atoms with van der Waals surface area (Å²) in [6.07, 6.45) is 0. The first kappa shape index (κ1) is 36.0. The average molecular weight is 624 g/mol. The molecule has 0 spiro atoms. The molecule has 0 atom stereocenters. The molecule has 0 bridgehead atoms. The predicted octanol–water partition coefficient (Wildman–Crippen LogP) is -0.717. The Kier molecular flexibility index (Phi) is 70.8. The van der Waals surface area contributed by atoms with Gasteiger partial charge in [-0.3, -0.25) is 0 Å². The molecule has 0 aromatic heterocycles. The van der Waals surface area contributed by atoms with Crippen LogP contribution in [0.1, 0.15) is 0 Å². The van der Waals surface area contributed by atoms with E-state index in [1.54, 1.807) is 0 Å². The van der Waals surface area contributed by atoms with Crippen LogP contribution in [-0.2, 0) is 0 Å². The molecule has 0 aromatic rings. The second-order valence-electron chi connectivity index (χ2n) is 0.671. The molecule has 15 heteroatoms. The normalized spacial score (nSPS) is 4.80. The van der Waals surface area contributed by atoms with Crippen LogP contribution < -0.4 is 0 Å². The van der Waals surface area contributed by atoms with Gasteiger partial charge in [-0.1, -0.05) is 0 Å². The number of hydrogen-bond donors (Lipinski definition) is 0. The molecule has 0 amide bonds. The van der Waals surface area contributed by atoms with Crippen molar-refractivity contribution in [3.63, 3.8) is 0 Å². The van der Waals surface area contributed by atoms with Crippen molar-refractivity contribution in [2.24, 2.45) is 0 Å². The minimum Gasteiger partial charge on any atom is -0.356 e. The molecular weight excluding hydrogens is 624 g/mol. The molecule has 0 saturated carbocycles. The maximum absolute atomic E-state index is 8.25. The topological polar surface area (TPSA) is 199 Å². The molecular formula is CeLaN3O9Tb.